The number of hydrogen-bond donors (Lipinski definition) is 0. The van der Waals surface area contributed by atoms with Crippen molar-refractivity contribution in [1.82, 2.24) is 0 Å². The van der Waals surface area contributed by atoms with Crippen LogP contribution in [-0.2, 0) is 0 Å². The molecule has 0 aromatic carbocycles. The van der Waals surface area contributed by atoms with Crippen molar-refractivity contribution in [3.8, 4) is 0 Å². The van der Waals surface area contributed by atoms with Crippen LogP contribution >= 0.6 is 0 Å². The Bertz CT molecular complexity index is 140. The van der Waals surface area contributed by atoms with E-state index in [-0.39, 0.29) is 0 Å². The summed E-state index contributed by atoms with van der Waals surface area (Å²) in [6.45, 7) is 10.4. The highest BCUT2D eigenvalue weighted by atomic mass is 13.9. The van der Waals surface area contributed by atoms with Gasteiger partial charge in [0.25, 0.3) is 0 Å². The van der Waals surface area contributed by atoms with Crippen LogP contribution in [0.2, 0.25) is 0 Å². The molecule has 0 saturated heterocycles. The molecule has 0 heteroatoms. The van der Waals surface area contributed by atoms with E-state index in [9.17, 15) is 0 Å². The summed E-state index contributed by atoms with van der Waals surface area (Å²) >= 11 is 0. The maximum atomic E-state index is 3.87. The number of allylic oxidation sites excluding steroid dienone is 3. The van der Waals surface area contributed by atoms with Crippen LogP contribution < -0.4 is 0 Å². The highest BCUT2D eigenvalue weighted by Gasteiger charge is 1.87. The normalized spacial score (nSPS) is 11.7. The average molecular weight is 152 g/mol. The fourth-order valence-corrected chi connectivity index (χ4v) is 1.06. The third-order valence-corrected chi connectivity index (χ3v) is 1.71. The summed E-state index contributed by atoms with van der Waals surface area (Å²) in [5.74, 6) is 0. The molecule has 0 radical (unpaired) electrons. The van der Waals surface area contributed by atoms with E-state index in [1.807, 2.05) is 0 Å². The minimum Gasteiger partial charge on any atom is -0.100 e. The standard InChI is InChI=1S/C11H20/c1-5-7-11(4)9-6-8-10(2)3/h9H,2,5-8H2,1,3-4H3. The van der Waals surface area contributed by atoms with Gasteiger partial charge in [0.15, 0.2) is 0 Å². The molecule has 0 fully saturated rings. The van der Waals surface area contributed by atoms with Gasteiger partial charge in [0.2, 0.25) is 0 Å². The second-order valence-corrected chi connectivity index (χ2v) is 3.30. The SMILES string of the molecule is C=C(C)CCC=C(C)CCC. The lowest BCUT2D eigenvalue weighted by Gasteiger charge is -1.97. The summed E-state index contributed by atoms with van der Waals surface area (Å²) in [6.07, 6.45) is 7.14. The second kappa shape index (κ2) is 6.21. The van der Waals surface area contributed by atoms with Gasteiger partial charge in [0.05, 0.1) is 0 Å². The van der Waals surface area contributed by atoms with Crippen molar-refractivity contribution in [2.75, 3.05) is 0 Å². The molecule has 11 heavy (non-hydrogen) atoms. The Morgan fingerprint density at radius 1 is 1.27 bits per heavy atom. The summed E-state index contributed by atoms with van der Waals surface area (Å²) in [7, 11) is 0. The summed E-state index contributed by atoms with van der Waals surface area (Å²) in [4.78, 5) is 0. The predicted molar refractivity (Wildman–Crippen MR) is 52.7 cm³/mol. The van der Waals surface area contributed by atoms with Crippen LogP contribution in [0.1, 0.15) is 46.5 Å². The molecule has 0 atom stereocenters. The fraction of sp³-hybridized carbons (Fsp3) is 0.636. The van der Waals surface area contributed by atoms with Crippen LogP contribution in [0.4, 0.5) is 0 Å². The first-order chi connectivity index (χ1) is 5.16. The van der Waals surface area contributed by atoms with Crippen LogP contribution in [0, 0.1) is 0 Å². The minimum absolute atomic E-state index is 1.14. The zero-order valence-electron chi connectivity index (χ0n) is 8.11. The van der Waals surface area contributed by atoms with E-state index in [1.165, 1.54) is 30.4 Å². The van der Waals surface area contributed by atoms with Crippen molar-refractivity contribution >= 4 is 0 Å². The van der Waals surface area contributed by atoms with E-state index in [2.05, 4.69) is 33.4 Å². The van der Waals surface area contributed by atoms with Crippen molar-refractivity contribution in [3.63, 3.8) is 0 Å². The molecule has 0 heterocycles. The van der Waals surface area contributed by atoms with Gasteiger partial charge in [-0.15, -0.1) is 6.58 Å². The molecule has 0 amide bonds. The Balaban J connectivity index is 3.47. The molecule has 0 aromatic rings. The van der Waals surface area contributed by atoms with Crippen LogP contribution in [0.25, 0.3) is 0 Å². The monoisotopic (exact) mass is 152 g/mol. The number of rotatable bonds is 5. The van der Waals surface area contributed by atoms with Crippen molar-refractivity contribution in [3.05, 3.63) is 23.8 Å². The molecule has 0 aromatic heterocycles. The topological polar surface area (TPSA) is 0 Å². The van der Waals surface area contributed by atoms with E-state index in [0.717, 1.165) is 6.42 Å². The molecule has 64 valence electrons. The molecule has 0 saturated carbocycles. The van der Waals surface area contributed by atoms with E-state index < -0.39 is 0 Å². The molecular weight excluding hydrogens is 132 g/mol. The largest absolute Gasteiger partial charge is 0.100 e. The molecule has 0 aliphatic rings. The van der Waals surface area contributed by atoms with Crippen LogP contribution in [0.3, 0.4) is 0 Å². The number of hydrogen-bond acceptors (Lipinski definition) is 0. The Kier molecular flexibility index (Phi) is 5.91. The molecule has 0 rings (SSSR count). The minimum atomic E-state index is 1.14. The zero-order valence-corrected chi connectivity index (χ0v) is 8.11. The van der Waals surface area contributed by atoms with Gasteiger partial charge in [-0.25, -0.2) is 0 Å². The van der Waals surface area contributed by atoms with E-state index in [4.69, 9.17) is 0 Å². The van der Waals surface area contributed by atoms with Crippen molar-refractivity contribution in [1.29, 1.82) is 0 Å². The highest BCUT2D eigenvalue weighted by molar-refractivity contribution is 5.00. The van der Waals surface area contributed by atoms with Crippen molar-refractivity contribution < 1.29 is 0 Å². The highest BCUT2D eigenvalue weighted by Crippen LogP contribution is 2.08. The second-order valence-electron chi connectivity index (χ2n) is 3.30. The summed E-state index contributed by atoms with van der Waals surface area (Å²) in [5.41, 5.74) is 2.80. The van der Waals surface area contributed by atoms with Gasteiger partial charge in [-0.2, -0.15) is 0 Å². The summed E-state index contributed by atoms with van der Waals surface area (Å²) < 4.78 is 0. The lowest BCUT2D eigenvalue weighted by Crippen LogP contribution is -1.77. The maximum absolute atomic E-state index is 3.87. The molecule has 0 aliphatic carbocycles. The van der Waals surface area contributed by atoms with Crippen LogP contribution in [0.5, 0.6) is 0 Å². The summed E-state index contributed by atoms with van der Waals surface area (Å²) in [6, 6.07) is 0. The van der Waals surface area contributed by atoms with E-state index in [1.54, 1.807) is 0 Å². The zero-order chi connectivity index (χ0) is 8.69. The van der Waals surface area contributed by atoms with Gasteiger partial charge in [-0.05, 0) is 33.1 Å². The Morgan fingerprint density at radius 3 is 2.36 bits per heavy atom. The van der Waals surface area contributed by atoms with Gasteiger partial charge >= 0.3 is 0 Å². The third kappa shape index (κ3) is 7.38. The molecule has 0 N–H and O–H groups in total. The van der Waals surface area contributed by atoms with Crippen molar-refractivity contribution in [2.45, 2.75) is 46.5 Å². The Labute approximate surface area is 71.0 Å². The average Bonchev–Trinajstić information content (AvgIpc) is 1.87. The van der Waals surface area contributed by atoms with Gasteiger partial charge in [-0.1, -0.05) is 30.6 Å². The van der Waals surface area contributed by atoms with Gasteiger partial charge in [-0.3, -0.25) is 0 Å². The van der Waals surface area contributed by atoms with E-state index in [0.29, 0.717) is 0 Å². The Hall–Kier alpha value is -0.520. The third-order valence-electron chi connectivity index (χ3n) is 1.71. The first-order valence-electron chi connectivity index (χ1n) is 4.46. The molecule has 0 nitrogen and oxygen atoms in total. The first-order valence-corrected chi connectivity index (χ1v) is 4.46. The first kappa shape index (κ1) is 10.5. The molecule has 0 bridgehead atoms. The smallest absolute Gasteiger partial charge is 0.0291 e. The Morgan fingerprint density at radius 2 is 1.91 bits per heavy atom. The fourth-order valence-electron chi connectivity index (χ4n) is 1.06. The van der Waals surface area contributed by atoms with E-state index >= 15 is 0 Å². The van der Waals surface area contributed by atoms with Gasteiger partial charge in [0.1, 0.15) is 0 Å². The molecule has 0 unspecified atom stereocenters. The lowest BCUT2D eigenvalue weighted by atomic mass is 10.1. The summed E-state index contributed by atoms with van der Waals surface area (Å²) in [5, 5.41) is 0. The predicted octanol–water partition coefficient (Wildman–Crippen LogP) is 4.09. The van der Waals surface area contributed by atoms with Crippen LogP contribution in [-0.4, -0.2) is 0 Å². The molecule has 0 spiro atoms. The lowest BCUT2D eigenvalue weighted by molar-refractivity contribution is 0.882. The molecule has 0 aliphatic heterocycles. The van der Waals surface area contributed by atoms with Crippen LogP contribution in [0.15, 0.2) is 23.8 Å². The van der Waals surface area contributed by atoms with Gasteiger partial charge < -0.3 is 0 Å². The quantitative estimate of drug-likeness (QED) is 0.520. The van der Waals surface area contributed by atoms with Gasteiger partial charge in [0, 0.05) is 0 Å². The molecular formula is C11H20. The maximum Gasteiger partial charge on any atom is -0.0291 e. The van der Waals surface area contributed by atoms with Crippen molar-refractivity contribution in [2.24, 2.45) is 0 Å².